The number of rotatable bonds is 5. The average Bonchev–Trinajstić information content (AvgIpc) is 3.07. The largest absolute Gasteiger partial charge is 0.486 e. The van der Waals surface area contributed by atoms with Crippen LogP contribution in [-0.2, 0) is 11.3 Å². The Morgan fingerprint density at radius 2 is 1.74 bits per heavy atom. The number of amides is 3. The molecule has 0 aromatic heterocycles. The van der Waals surface area contributed by atoms with Crippen LogP contribution in [-0.4, -0.2) is 71.6 Å². The van der Waals surface area contributed by atoms with Crippen molar-refractivity contribution in [3.8, 4) is 11.5 Å². The van der Waals surface area contributed by atoms with Crippen LogP contribution in [0.2, 0.25) is 0 Å². The summed E-state index contributed by atoms with van der Waals surface area (Å²) in [5, 5.41) is 0. The quantitative estimate of drug-likeness (QED) is 0.695. The van der Waals surface area contributed by atoms with Gasteiger partial charge in [-0.3, -0.25) is 14.6 Å². The highest BCUT2D eigenvalue weighted by Gasteiger charge is 2.42. The van der Waals surface area contributed by atoms with Gasteiger partial charge in [-0.2, -0.15) is 0 Å². The minimum atomic E-state index is -0.174. The number of urea groups is 1. The van der Waals surface area contributed by atoms with Gasteiger partial charge in [0.15, 0.2) is 11.5 Å². The van der Waals surface area contributed by atoms with E-state index in [0.29, 0.717) is 19.7 Å². The summed E-state index contributed by atoms with van der Waals surface area (Å²) in [7, 11) is 0. The molecule has 31 heavy (non-hydrogen) atoms. The number of carbonyl (C=O) groups excluding carboxylic acids is 2. The van der Waals surface area contributed by atoms with Crippen LogP contribution >= 0.6 is 0 Å². The summed E-state index contributed by atoms with van der Waals surface area (Å²) in [6.07, 6.45) is 1.73. The smallest absolute Gasteiger partial charge is 0.327 e. The van der Waals surface area contributed by atoms with Gasteiger partial charge in [-0.15, -0.1) is 0 Å². The summed E-state index contributed by atoms with van der Waals surface area (Å²) in [6.45, 7) is 3.45. The van der Waals surface area contributed by atoms with Crippen molar-refractivity contribution >= 4 is 11.9 Å². The Labute approximate surface area is 182 Å². The number of hydrogen-bond donors (Lipinski definition) is 0. The number of ether oxygens (including phenoxy) is 2. The van der Waals surface area contributed by atoms with E-state index >= 15 is 0 Å². The molecule has 0 bridgehead atoms. The maximum atomic E-state index is 13.0. The fraction of sp³-hybridized carbons (Fsp3) is 0.417. The monoisotopic (exact) mass is 421 g/mol. The third-order valence-electron chi connectivity index (χ3n) is 6.16. The van der Waals surface area contributed by atoms with E-state index in [-0.39, 0.29) is 30.6 Å². The van der Waals surface area contributed by atoms with Gasteiger partial charge in [0.1, 0.15) is 19.3 Å². The number of likely N-dealkylation sites (tertiary alicyclic amines) is 1. The molecule has 0 radical (unpaired) electrons. The normalized spacial score (nSPS) is 24.0. The topological polar surface area (TPSA) is 62.3 Å². The molecule has 2 unspecified atom stereocenters. The van der Waals surface area contributed by atoms with Gasteiger partial charge in [0, 0.05) is 19.6 Å². The number of fused-ring (bicyclic) bond motifs is 1. The Morgan fingerprint density at radius 3 is 2.58 bits per heavy atom. The molecule has 0 aliphatic carbocycles. The Morgan fingerprint density at radius 1 is 0.968 bits per heavy atom. The van der Waals surface area contributed by atoms with E-state index in [9.17, 15) is 9.59 Å². The molecular weight excluding hydrogens is 394 g/mol. The van der Waals surface area contributed by atoms with Crippen LogP contribution in [0.25, 0.3) is 0 Å². The number of nitrogens with zero attached hydrogens (tertiary/aromatic N) is 3. The molecule has 0 spiro atoms. The van der Waals surface area contributed by atoms with Crippen molar-refractivity contribution in [1.82, 2.24) is 14.7 Å². The van der Waals surface area contributed by atoms with Gasteiger partial charge in [0.05, 0.1) is 6.04 Å². The third-order valence-corrected chi connectivity index (χ3v) is 6.16. The van der Waals surface area contributed by atoms with Gasteiger partial charge < -0.3 is 14.4 Å². The van der Waals surface area contributed by atoms with Crippen molar-refractivity contribution in [2.45, 2.75) is 31.5 Å². The van der Waals surface area contributed by atoms with Crippen LogP contribution in [0.5, 0.6) is 11.5 Å². The molecule has 7 heteroatoms. The average molecular weight is 421 g/mol. The SMILES string of the molecule is O=C1CN(Cc2ccccc2)C(=O)N1C1CCCN(CC2COc3ccccc3O2)C1. The zero-order chi connectivity index (χ0) is 21.2. The molecule has 2 atom stereocenters. The predicted octanol–water partition coefficient (Wildman–Crippen LogP) is 2.76. The molecule has 0 saturated carbocycles. The fourth-order valence-corrected chi connectivity index (χ4v) is 4.70. The van der Waals surface area contributed by atoms with Crippen LogP contribution < -0.4 is 9.47 Å². The molecule has 0 N–H and O–H groups in total. The molecule has 3 heterocycles. The van der Waals surface area contributed by atoms with Gasteiger partial charge in [0.2, 0.25) is 0 Å². The second-order valence-electron chi connectivity index (χ2n) is 8.44. The third kappa shape index (κ3) is 4.23. The van der Waals surface area contributed by atoms with Gasteiger partial charge in [-0.25, -0.2) is 4.79 Å². The Balaban J connectivity index is 1.20. The summed E-state index contributed by atoms with van der Waals surface area (Å²) >= 11 is 0. The summed E-state index contributed by atoms with van der Waals surface area (Å²) in [4.78, 5) is 31.2. The number of carbonyl (C=O) groups is 2. The van der Waals surface area contributed by atoms with Crippen molar-refractivity contribution in [2.24, 2.45) is 0 Å². The standard InChI is InChI=1S/C24H27N3O4/c28-23-16-26(13-18-7-2-1-3-8-18)24(29)27(23)19-9-6-12-25(14-19)15-20-17-30-21-10-4-5-11-22(21)31-20/h1-5,7-8,10-11,19-20H,6,9,12-17H2. The highest BCUT2D eigenvalue weighted by atomic mass is 16.6. The van der Waals surface area contributed by atoms with E-state index in [1.165, 1.54) is 4.90 Å². The second-order valence-corrected chi connectivity index (χ2v) is 8.44. The van der Waals surface area contributed by atoms with Gasteiger partial charge >= 0.3 is 6.03 Å². The predicted molar refractivity (Wildman–Crippen MR) is 115 cm³/mol. The van der Waals surface area contributed by atoms with Crippen LogP contribution in [0.1, 0.15) is 18.4 Å². The van der Waals surface area contributed by atoms with E-state index in [1.807, 2.05) is 54.6 Å². The highest BCUT2D eigenvalue weighted by Crippen LogP contribution is 2.31. The Hall–Kier alpha value is -3.06. The van der Waals surface area contributed by atoms with Gasteiger partial charge in [-0.05, 0) is 37.1 Å². The molecule has 162 valence electrons. The van der Waals surface area contributed by atoms with Crippen LogP contribution in [0.4, 0.5) is 4.79 Å². The maximum absolute atomic E-state index is 13.0. The maximum Gasteiger partial charge on any atom is 0.327 e. The lowest BCUT2D eigenvalue weighted by atomic mass is 10.0. The molecule has 2 aromatic rings. The van der Waals surface area contributed by atoms with E-state index in [1.54, 1.807) is 4.90 Å². The number of benzene rings is 2. The van der Waals surface area contributed by atoms with Crippen molar-refractivity contribution in [2.75, 3.05) is 32.8 Å². The van der Waals surface area contributed by atoms with Gasteiger partial charge in [0.25, 0.3) is 5.91 Å². The minimum Gasteiger partial charge on any atom is -0.486 e. The molecular formula is C24H27N3O4. The number of para-hydroxylation sites is 2. The van der Waals surface area contributed by atoms with Crippen molar-refractivity contribution in [1.29, 1.82) is 0 Å². The number of piperidine rings is 1. The van der Waals surface area contributed by atoms with E-state index in [2.05, 4.69) is 4.90 Å². The first-order valence-corrected chi connectivity index (χ1v) is 10.9. The lowest BCUT2D eigenvalue weighted by Crippen LogP contribution is -2.53. The van der Waals surface area contributed by atoms with Crippen molar-refractivity contribution in [3.63, 3.8) is 0 Å². The first-order valence-electron chi connectivity index (χ1n) is 10.9. The van der Waals surface area contributed by atoms with Crippen LogP contribution in [0, 0.1) is 0 Å². The van der Waals surface area contributed by atoms with E-state index in [0.717, 1.165) is 43.0 Å². The lowest BCUT2D eigenvalue weighted by molar-refractivity contribution is -0.127. The summed E-state index contributed by atoms with van der Waals surface area (Å²) < 4.78 is 11.9. The molecule has 5 rings (SSSR count). The summed E-state index contributed by atoms with van der Waals surface area (Å²) in [5.74, 6) is 1.45. The van der Waals surface area contributed by atoms with Gasteiger partial charge in [-0.1, -0.05) is 42.5 Å². The van der Waals surface area contributed by atoms with Crippen molar-refractivity contribution in [3.05, 3.63) is 60.2 Å². The highest BCUT2D eigenvalue weighted by molar-refractivity contribution is 6.02. The number of imide groups is 1. The fourth-order valence-electron chi connectivity index (χ4n) is 4.70. The second kappa shape index (κ2) is 8.59. The van der Waals surface area contributed by atoms with Crippen LogP contribution in [0.3, 0.4) is 0 Å². The number of hydrogen-bond acceptors (Lipinski definition) is 5. The molecule has 3 aliphatic rings. The van der Waals surface area contributed by atoms with E-state index < -0.39 is 0 Å². The molecule has 3 aliphatic heterocycles. The molecule has 2 saturated heterocycles. The Bertz CT molecular complexity index is 951. The summed E-state index contributed by atoms with van der Waals surface area (Å²) in [6, 6.07) is 17.2. The molecule has 3 amide bonds. The molecule has 7 nitrogen and oxygen atoms in total. The lowest BCUT2D eigenvalue weighted by Gasteiger charge is -2.38. The first-order chi connectivity index (χ1) is 15.2. The molecule has 2 aromatic carbocycles. The summed E-state index contributed by atoms with van der Waals surface area (Å²) in [5.41, 5.74) is 1.03. The zero-order valence-corrected chi connectivity index (χ0v) is 17.5. The van der Waals surface area contributed by atoms with Crippen LogP contribution in [0.15, 0.2) is 54.6 Å². The zero-order valence-electron chi connectivity index (χ0n) is 17.5. The molecule has 2 fully saturated rings. The minimum absolute atomic E-state index is 0.0618. The Kier molecular flexibility index (Phi) is 5.51. The van der Waals surface area contributed by atoms with Crippen molar-refractivity contribution < 1.29 is 19.1 Å². The first kappa shape index (κ1) is 19.9. The van der Waals surface area contributed by atoms with E-state index in [4.69, 9.17) is 9.47 Å².